The van der Waals surface area contributed by atoms with Crippen LogP contribution >= 0.6 is 0 Å². The van der Waals surface area contributed by atoms with E-state index in [0.717, 1.165) is 38.5 Å². The van der Waals surface area contributed by atoms with Crippen LogP contribution in [0.25, 0.3) is 0 Å². The molecule has 8 nitrogen and oxygen atoms in total. The van der Waals surface area contributed by atoms with Crippen molar-refractivity contribution >= 4 is 17.9 Å². The van der Waals surface area contributed by atoms with Gasteiger partial charge in [-0.05, 0) is 38.5 Å². The largest absolute Gasteiger partial charge is 0.481 e. The number of aliphatic hydroxyl groups is 1. The van der Waals surface area contributed by atoms with Crippen molar-refractivity contribution in [3.63, 3.8) is 0 Å². The number of hydrogen-bond donors (Lipinski definition) is 3. The number of amides is 3. The van der Waals surface area contributed by atoms with Crippen molar-refractivity contribution in [3.05, 3.63) is 0 Å². The van der Waals surface area contributed by atoms with Gasteiger partial charge < -0.3 is 19.8 Å². The van der Waals surface area contributed by atoms with E-state index in [-0.39, 0.29) is 18.4 Å². The van der Waals surface area contributed by atoms with Gasteiger partial charge in [-0.2, -0.15) is 0 Å². The maximum Gasteiger partial charge on any atom is 0.324 e. The third-order valence-corrected chi connectivity index (χ3v) is 5.10. The summed E-state index contributed by atoms with van der Waals surface area (Å²) in [5.41, 5.74) is 0. The van der Waals surface area contributed by atoms with Crippen LogP contribution < -0.4 is 5.32 Å². The highest BCUT2D eigenvalue weighted by Crippen LogP contribution is 2.21. The second-order valence-electron chi connectivity index (χ2n) is 7.11. The van der Waals surface area contributed by atoms with Gasteiger partial charge >= 0.3 is 12.0 Å². The lowest BCUT2D eigenvalue weighted by molar-refractivity contribution is -0.137. The van der Waals surface area contributed by atoms with Crippen molar-refractivity contribution in [3.8, 4) is 0 Å². The van der Waals surface area contributed by atoms with Gasteiger partial charge in [0, 0.05) is 19.6 Å². The quantitative estimate of drug-likeness (QED) is 0.376. The van der Waals surface area contributed by atoms with Crippen LogP contribution in [0.1, 0.15) is 64.2 Å². The number of carbonyl (C=O) groups is 3. The van der Waals surface area contributed by atoms with Crippen molar-refractivity contribution in [1.82, 2.24) is 10.2 Å². The second-order valence-corrected chi connectivity index (χ2v) is 7.11. The minimum absolute atomic E-state index is 0.162. The van der Waals surface area contributed by atoms with Crippen LogP contribution in [0, 0.1) is 0 Å². The first-order valence-electron chi connectivity index (χ1n) is 9.62. The molecule has 148 valence electrons. The molecular formula is C18H30N2O6. The highest BCUT2D eigenvalue weighted by Gasteiger charge is 2.38. The van der Waals surface area contributed by atoms with Crippen LogP contribution in [-0.2, 0) is 14.3 Å². The second kappa shape index (κ2) is 10.5. The third kappa shape index (κ3) is 6.25. The zero-order valence-corrected chi connectivity index (χ0v) is 15.2. The Bertz CT molecular complexity index is 492. The number of aliphatic carboxylic acids is 1. The molecule has 0 radical (unpaired) electrons. The van der Waals surface area contributed by atoms with E-state index < -0.39 is 24.1 Å². The highest BCUT2D eigenvalue weighted by molar-refractivity contribution is 6.04. The molecule has 0 saturated carbocycles. The van der Waals surface area contributed by atoms with Crippen LogP contribution in [0.15, 0.2) is 0 Å². The Morgan fingerprint density at radius 1 is 1.23 bits per heavy atom. The molecule has 3 N–H and O–H groups in total. The normalized spacial score (nSPS) is 24.6. The number of hydrogen-bond acceptors (Lipinski definition) is 5. The molecule has 2 aliphatic heterocycles. The summed E-state index contributed by atoms with van der Waals surface area (Å²) in [6, 6.07) is -0.899. The van der Waals surface area contributed by atoms with Crippen LogP contribution in [-0.4, -0.2) is 64.4 Å². The molecule has 0 spiro atoms. The summed E-state index contributed by atoms with van der Waals surface area (Å²) in [5.74, 6) is -1.08. The topological polar surface area (TPSA) is 116 Å². The first-order chi connectivity index (χ1) is 12.5. The molecule has 2 fully saturated rings. The summed E-state index contributed by atoms with van der Waals surface area (Å²) in [5, 5.41) is 21.2. The minimum Gasteiger partial charge on any atom is -0.481 e. The molecule has 0 aromatic rings. The van der Waals surface area contributed by atoms with Gasteiger partial charge in [-0.1, -0.05) is 19.3 Å². The van der Waals surface area contributed by atoms with Crippen molar-refractivity contribution in [2.24, 2.45) is 0 Å². The molecule has 3 unspecified atom stereocenters. The lowest BCUT2D eigenvalue weighted by atomic mass is 10.0. The average molecular weight is 370 g/mol. The van der Waals surface area contributed by atoms with E-state index in [9.17, 15) is 19.5 Å². The van der Waals surface area contributed by atoms with Crippen molar-refractivity contribution in [2.45, 2.75) is 82.5 Å². The fourth-order valence-electron chi connectivity index (χ4n) is 3.58. The molecule has 2 heterocycles. The number of carboxylic acids is 1. The van der Waals surface area contributed by atoms with E-state index >= 15 is 0 Å². The predicted octanol–water partition coefficient (Wildman–Crippen LogP) is 1.65. The Balaban J connectivity index is 1.73. The van der Waals surface area contributed by atoms with Crippen LogP contribution in [0.3, 0.4) is 0 Å². The van der Waals surface area contributed by atoms with Gasteiger partial charge in [-0.15, -0.1) is 0 Å². The standard InChI is InChI=1S/C18H30N2O6/c21-14(15-8-5-6-12-26-15)10-11-20-13(17(24)19-18(20)25)7-3-1-2-4-9-16(22)23/h13-15,21H,1-12H2,(H,22,23)(H,19,24,25). The third-order valence-electron chi connectivity index (χ3n) is 5.10. The molecule has 2 saturated heterocycles. The Kier molecular flexibility index (Phi) is 8.31. The molecule has 0 bridgehead atoms. The van der Waals surface area contributed by atoms with Gasteiger partial charge in [0.25, 0.3) is 5.91 Å². The Morgan fingerprint density at radius 2 is 2.00 bits per heavy atom. The Morgan fingerprint density at radius 3 is 2.69 bits per heavy atom. The smallest absolute Gasteiger partial charge is 0.324 e. The van der Waals surface area contributed by atoms with Gasteiger partial charge in [-0.25, -0.2) is 4.79 Å². The number of rotatable bonds is 11. The molecule has 2 rings (SSSR count). The lowest BCUT2D eigenvalue weighted by Gasteiger charge is -2.29. The van der Waals surface area contributed by atoms with Crippen LogP contribution in [0.4, 0.5) is 4.79 Å². The fraction of sp³-hybridized carbons (Fsp3) is 0.833. The average Bonchev–Trinajstić information content (AvgIpc) is 2.89. The van der Waals surface area contributed by atoms with E-state index in [1.54, 1.807) is 0 Å². The number of unbranched alkanes of at least 4 members (excludes halogenated alkanes) is 3. The summed E-state index contributed by atoms with van der Waals surface area (Å²) in [6.45, 7) is 0.983. The van der Waals surface area contributed by atoms with E-state index in [4.69, 9.17) is 9.84 Å². The fourth-order valence-corrected chi connectivity index (χ4v) is 3.58. The lowest BCUT2D eigenvalue weighted by Crippen LogP contribution is -2.40. The molecule has 3 atom stereocenters. The summed E-state index contributed by atoms with van der Waals surface area (Å²) < 4.78 is 5.57. The Labute approximate surface area is 153 Å². The van der Waals surface area contributed by atoms with E-state index in [1.807, 2.05) is 0 Å². The van der Waals surface area contributed by atoms with Crippen molar-refractivity contribution < 1.29 is 29.3 Å². The Hall–Kier alpha value is -1.67. The highest BCUT2D eigenvalue weighted by atomic mass is 16.5. The van der Waals surface area contributed by atoms with Crippen LogP contribution in [0.2, 0.25) is 0 Å². The SMILES string of the molecule is O=C(O)CCCCCCC1C(=O)NC(=O)N1CCC(O)C1CCCCO1. The van der Waals surface area contributed by atoms with Gasteiger partial charge in [0.2, 0.25) is 0 Å². The van der Waals surface area contributed by atoms with Gasteiger partial charge in [0.15, 0.2) is 0 Å². The maximum atomic E-state index is 12.0. The number of carboxylic acid groups (broad SMARTS) is 1. The summed E-state index contributed by atoms with van der Waals surface area (Å²) in [7, 11) is 0. The molecule has 3 amide bonds. The number of nitrogens with one attached hydrogen (secondary N) is 1. The van der Waals surface area contributed by atoms with Gasteiger partial charge in [0.05, 0.1) is 12.2 Å². The monoisotopic (exact) mass is 370 g/mol. The zero-order valence-electron chi connectivity index (χ0n) is 15.2. The maximum absolute atomic E-state index is 12.0. The van der Waals surface area contributed by atoms with Gasteiger partial charge in [0.1, 0.15) is 6.04 Å². The van der Waals surface area contributed by atoms with Crippen LogP contribution in [0.5, 0.6) is 0 Å². The first kappa shape index (κ1) is 20.6. The molecule has 8 heteroatoms. The number of imide groups is 1. The first-order valence-corrected chi connectivity index (χ1v) is 9.62. The summed E-state index contributed by atoms with van der Waals surface area (Å²) in [6.07, 6.45) is 6.19. The number of aliphatic hydroxyl groups excluding tert-OH is 1. The van der Waals surface area contributed by atoms with Crippen molar-refractivity contribution in [2.75, 3.05) is 13.2 Å². The molecular weight excluding hydrogens is 340 g/mol. The number of ether oxygens (including phenoxy) is 1. The molecule has 0 aromatic carbocycles. The minimum atomic E-state index is -0.794. The predicted molar refractivity (Wildman–Crippen MR) is 93.6 cm³/mol. The molecule has 0 aromatic heterocycles. The van der Waals surface area contributed by atoms with E-state index in [0.29, 0.717) is 32.4 Å². The number of urea groups is 1. The van der Waals surface area contributed by atoms with E-state index in [2.05, 4.69) is 5.32 Å². The summed E-state index contributed by atoms with van der Waals surface area (Å²) in [4.78, 5) is 36.0. The van der Waals surface area contributed by atoms with E-state index in [1.165, 1.54) is 4.90 Å². The van der Waals surface area contributed by atoms with Gasteiger partial charge in [-0.3, -0.25) is 14.9 Å². The summed E-state index contributed by atoms with van der Waals surface area (Å²) >= 11 is 0. The zero-order chi connectivity index (χ0) is 18.9. The molecule has 0 aliphatic carbocycles. The van der Waals surface area contributed by atoms with Crippen molar-refractivity contribution in [1.29, 1.82) is 0 Å². The molecule has 2 aliphatic rings. The number of nitrogens with zero attached hydrogens (tertiary/aromatic N) is 1. The molecule has 26 heavy (non-hydrogen) atoms. The number of carbonyl (C=O) groups excluding carboxylic acids is 2.